The average molecular weight is 504 g/mol. The zero-order valence-electron chi connectivity index (χ0n) is 19.3. The molecular weight excluding hydrogens is 474 g/mol. The van der Waals surface area contributed by atoms with Crippen LogP contribution in [0.1, 0.15) is 44.1 Å². The molecule has 3 heterocycles. The van der Waals surface area contributed by atoms with Crippen LogP contribution in [0.5, 0.6) is 0 Å². The van der Waals surface area contributed by atoms with Crippen LogP contribution in [-0.2, 0) is 30.5 Å². The molecule has 2 atom stereocenters. The highest BCUT2D eigenvalue weighted by Crippen LogP contribution is 2.45. The molecule has 2 unspecified atom stereocenters. The summed E-state index contributed by atoms with van der Waals surface area (Å²) in [6.45, 7) is 9.90. The van der Waals surface area contributed by atoms with E-state index in [1.54, 1.807) is 7.05 Å². The molecule has 33 heavy (non-hydrogen) atoms. The zero-order valence-corrected chi connectivity index (χ0v) is 21.1. The monoisotopic (exact) mass is 503 g/mol. The van der Waals surface area contributed by atoms with Crippen LogP contribution < -0.4 is 11.1 Å². The van der Waals surface area contributed by atoms with Crippen LogP contribution >= 0.6 is 0 Å². The summed E-state index contributed by atoms with van der Waals surface area (Å²) in [6.07, 6.45) is 1.40. The lowest BCUT2D eigenvalue weighted by atomic mass is 9.97. The number of carbonyl (C=O) groups excluding carboxylic acids is 2. The lowest BCUT2D eigenvalue weighted by molar-refractivity contribution is -0.118. The van der Waals surface area contributed by atoms with Gasteiger partial charge in [-0.05, 0) is 18.1 Å². The standard InChI is InChI=1S/C17H29N7O7SSi/c1-17(2,3)33(5,6)30-21-15(19-4)14-13-10(7-20-23(13)9-12(18)25)11-8-22(14)16(26)24(11)31-32(27,28)29/h7,11,14H,8-9H2,1-6H3,(H2,18,25)(H,19,21)(H,27,28,29). The molecule has 3 rings (SSSR count). The van der Waals surface area contributed by atoms with E-state index in [-0.39, 0.29) is 24.0 Å². The van der Waals surface area contributed by atoms with Gasteiger partial charge in [0.15, 0.2) is 5.84 Å². The van der Waals surface area contributed by atoms with Crippen LogP contribution in [0.4, 0.5) is 4.79 Å². The summed E-state index contributed by atoms with van der Waals surface area (Å²) >= 11 is 0. The molecule has 4 N–H and O–H groups in total. The fraction of sp³-hybridized carbons (Fsp3) is 0.647. The maximum atomic E-state index is 13.1. The first kappa shape index (κ1) is 24.9. The Hall–Kier alpha value is -2.69. The number of nitrogens with one attached hydrogen (secondary N) is 1. The Balaban J connectivity index is 2.12. The van der Waals surface area contributed by atoms with Crippen molar-refractivity contribution in [3.63, 3.8) is 0 Å². The first-order chi connectivity index (χ1) is 15.1. The molecule has 184 valence electrons. The number of hydrogen-bond acceptors (Lipinski definition) is 8. The molecule has 2 bridgehead atoms. The van der Waals surface area contributed by atoms with Gasteiger partial charge in [0.25, 0.3) is 8.32 Å². The van der Waals surface area contributed by atoms with Crippen LogP contribution in [0.25, 0.3) is 0 Å². The predicted molar refractivity (Wildman–Crippen MR) is 118 cm³/mol. The van der Waals surface area contributed by atoms with E-state index in [2.05, 4.69) is 19.9 Å². The van der Waals surface area contributed by atoms with E-state index in [1.807, 2.05) is 33.9 Å². The number of oxime groups is 1. The van der Waals surface area contributed by atoms with Crippen molar-refractivity contribution in [3.05, 3.63) is 17.5 Å². The van der Waals surface area contributed by atoms with Crippen molar-refractivity contribution in [1.29, 1.82) is 0 Å². The highest BCUT2D eigenvalue weighted by Gasteiger charge is 2.53. The van der Waals surface area contributed by atoms with Gasteiger partial charge in [-0.25, -0.2) is 4.79 Å². The Morgan fingerprint density at radius 3 is 2.58 bits per heavy atom. The van der Waals surface area contributed by atoms with Crippen LogP contribution in [-0.4, -0.2) is 72.4 Å². The van der Waals surface area contributed by atoms with Crippen LogP contribution in [0.2, 0.25) is 18.1 Å². The normalized spacial score (nSPS) is 21.3. The number of hydroxylamine groups is 2. The van der Waals surface area contributed by atoms with Crippen molar-refractivity contribution in [3.8, 4) is 0 Å². The molecule has 1 fully saturated rings. The van der Waals surface area contributed by atoms with Crippen LogP contribution in [0.3, 0.4) is 0 Å². The number of carbonyl (C=O) groups is 2. The Morgan fingerprint density at radius 2 is 2.06 bits per heavy atom. The van der Waals surface area contributed by atoms with Crippen LogP contribution in [0.15, 0.2) is 11.4 Å². The Labute approximate surface area is 192 Å². The number of amidine groups is 1. The number of primary amides is 1. The third-order valence-corrected chi connectivity index (χ3v) is 10.6. The average Bonchev–Trinajstić information content (AvgIpc) is 3.17. The number of amides is 3. The quantitative estimate of drug-likeness (QED) is 0.157. The molecule has 0 radical (unpaired) electrons. The summed E-state index contributed by atoms with van der Waals surface area (Å²) in [5.41, 5.74) is 6.18. The molecule has 14 nitrogen and oxygen atoms in total. The van der Waals surface area contributed by atoms with Crippen molar-refractivity contribution >= 4 is 36.5 Å². The SMILES string of the molecule is CN/C(=N\O[Si](C)(C)C(C)(C)C)C1c2c(cnn2CC(N)=O)C2CN1C(=O)N2OS(=O)(=O)O. The minimum atomic E-state index is -4.97. The lowest BCUT2D eigenvalue weighted by Crippen LogP contribution is -2.45. The molecule has 2 aliphatic heterocycles. The second-order valence-corrected chi connectivity index (χ2v) is 15.1. The minimum absolute atomic E-state index is 0.0229. The zero-order chi connectivity index (χ0) is 24.9. The molecular formula is C17H29N7O7SSi. The molecule has 0 saturated carbocycles. The third kappa shape index (κ3) is 4.68. The van der Waals surface area contributed by atoms with Crippen LogP contribution in [0, 0.1) is 0 Å². The molecule has 2 aliphatic rings. The Morgan fingerprint density at radius 1 is 1.42 bits per heavy atom. The van der Waals surface area contributed by atoms with Gasteiger partial charge in [0.05, 0.1) is 18.4 Å². The fourth-order valence-corrected chi connectivity index (χ4v) is 4.39. The summed E-state index contributed by atoms with van der Waals surface area (Å²) < 4.78 is 43.7. The number of fused-ring (bicyclic) bond motifs is 4. The van der Waals surface area contributed by atoms with Crippen molar-refractivity contribution < 1.29 is 31.4 Å². The number of rotatable bonds is 7. The van der Waals surface area contributed by atoms with E-state index in [1.165, 1.54) is 15.8 Å². The van der Waals surface area contributed by atoms with Gasteiger partial charge >= 0.3 is 16.4 Å². The van der Waals surface area contributed by atoms with Gasteiger partial charge in [-0.2, -0.15) is 18.6 Å². The maximum absolute atomic E-state index is 13.1. The molecule has 1 aromatic rings. The lowest BCUT2D eigenvalue weighted by Gasteiger charge is -2.35. The molecule has 0 aromatic carbocycles. The Kier molecular flexibility index (Phi) is 6.25. The van der Waals surface area contributed by atoms with Crippen molar-refractivity contribution in [2.75, 3.05) is 13.6 Å². The van der Waals surface area contributed by atoms with E-state index in [0.717, 1.165) is 0 Å². The molecule has 3 amide bonds. The fourth-order valence-electron chi connectivity index (χ4n) is 3.42. The van der Waals surface area contributed by atoms with Gasteiger partial charge < -0.3 is 20.5 Å². The molecule has 1 saturated heterocycles. The van der Waals surface area contributed by atoms with E-state index in [4.69, 9.17) is 14.8 Å². The second kappa shape index (κ2) is 8.26. The van der Waals surface area contributed by atoms with Gasteiger partial charge in [0.2, 0.25) is 5.91 Å². The van der Waals surface area contributed by atoms with Gasteiger partial charge in [-0.15, -0.1) is 4.28 Å². The highest BCUT2D eigenvalue weighted by molar-refractivity contribution is 7.80. The van der Waals surface area contributed by atoms with E-state index < -0.39 is 42.7 Å². The van der Waals surface area contributed by atoms with Gasteiger partial charge in [-0.1, -0.05) is 25.9 Å². The van der Waals surface area contributed by atoms with E-state index in [9.17, 15) is 18.0 Å². The van der Waals surface area contributed by atoms with Gasteiger partial charge in [-0.3, -0.25) is 14.0 Å². The van der Waals surface area contributed by atoms with Crippen molar-refractivity contribution in [2.24, 2.45) is 10.9 Å². The predicted octanol–water partition coefficient (Wildman–Crippen LogP) is 0.491. The largest absolute Gasteiger partial charge is 0.453 e. The first-order valence-electron chi connectivity index (χ1n) is 10.1. The minimum Gasteiger partial charge on any atom is -0.453 e. The summed E-state index contributed by atoms with van der Waals surface area (Å²) in [6, 6.07) is -2.62. The second-order valence-electron chi connectivity index (χ2n) is 9.37. The summed E-state index contributed by atoms with van der Waals surface area (Å²) in [7, 11) is -5.69. The Bertz CT molecular complexity index is 1100. The maximum Gasteiger partial charge on any atom is 0.418 e. The van der Waals surface area contributed by atoms with Crippen molar-refractivity contribution in [1.82, 2.24) is 25.1 Å². The topological polar surface area (TPSA) is 182 Å². The molecule has 1 aromatic heterocycles. The molecule has 0 spiro atoms. The number of urea groups is 1. The number of likely N-dealkylation sites (N-methyl/N-ethyl adjacent to an activating group) is 1. The number of nitrogens with two attached hydrogens (primary N) is 1. The molecule has 0 aliphatic carbocycles. The molecule has 16 heteroatoms. The smallest absolute Gasteiger partial charge is 0.418 e. The number of aromatic nitrogens is 2. The summed E-state index contributed by atoms with van der Waals surface area (Å²) in [4.78, 5) is 26.0. The van der Waals surface area contributed by atoms with Gasteiger partial charge in [0.1, 0.15) is 18.6 Å². The third-order valence-electron chi connectivity index (χ3n) is 6.10. The van der Waals surface area contributed by atoms with Crippen molar-refractivity contribution in [2.45, 2.75) is 57.5 Å². The van der Waals surface area contributed by atoms with E-state index in [0.29, 0.717) is 16.3 Å². The first-order valence-corrected chi connectivity index (χ1v) is 14.4. The summed E-state index contributed by atoms with van der Waals surface area (Å²) in [5.74, 6) is -0.418. The van der Waals surface area contributed by atoms with Gasteiger partial charge in [0, 0.05) is 12.6 Å². The number of nitrogens with zero attached hydrogens (tertiary/aromatic N) is 5. The number of hydrogen-bond donors (Lipinski definition) is 3. The summed E-state index contributed by atoms with van der Waals surface area (Å²) in [5, 5.41) is 11.9. The highest BCUT2D eigenvalue weighted by atomic mass is 32.3. The van der Waals surface area contributed by atoms with E-state index >= 15 is 0 Å².